The van der Waals surface area contributed by atoms with Crippen LogP contribution >= 0.6 is 0 Å². The van der Waals surface area contributed by atoms with E-state index < -0.39 is 5.92 Å². The molecule has 2 N–H and O–H groups in total. The summed E-state index contributed by atoms with van der Waals surface area (Å²) in [7, 11) is 0. The lowest BCUT2D eigenvalue weighted by Gasteiger charge is -2.22. The lowest BCUT2D eigenvalue weighted by atomic mass is 9.95. The molecule has 5 rings (SSSR count). The Hall–Kier alpha value is -2.87. The highest BCUT2D eigenvalue weighted by molar-refractivity contribution is 6.05. The molecule has 0 spiro atoms. The van der Waals surface area contributed by atoms with Crippen LogP contribution in [0.25, 0.3) is 22.0 Å². The van der Waals surface area contributed by atoms with Gasteiger partial charge in [0, 0.05) is 48.9 Å². The third-order valence-electron chi connectivity index (χ3n) is 6.50. The summed E-state index contributed by atoms with van der Waals surface area (Å²) in [5.41, 5.74) is 3.88. The van der Waals surface area contributed by atoms with Gasteiger partial charge in [-0.1, -0.05) is 25.3 Å². The number of halogens is 2. The van der Waals surface area contributed by atoms with Crippen LogP contribution in [0.5, 0.6) is 0 Å². The minimum Gasteiger partial charge on any atom is -0.348 e. The number of hydrogen-bond donors (Lipinski definition) is 2. The molecular weight excluding hydrogens is 412 g/mol. The molecule has 3 aromatic rings. The molecule has 2 fully saturated rings. The van der Waals surface area contributed by atoms with Crippen LogP contribution in [0.15, 0.2) is 36.7 Å². The molecule has 8 heteroatoms. The molecule has 3 heterocycles. The zero-order valence-corrected chi connectivity index (χ0v) is 17.9. The van der Waals surface area contributed by atoms with Crippen LogP contribution in [0.1, 0.15) is 54.6 Å². The zero-order valence-electron chi connectivity index (χ0n) is 17.9. The molecule has 32 heavy (non-hydrogen) atoms. The van der Waals surface area contributed by atoms with Gasteiger partial charge in [0.05, 0.1) is 12.1 Å². The molecule has 1 aromatic carbocycles. The fourth-order valence-corrected chi connectivity index (χ4v) is 4.80. The Kier molecular flexibility index (Phi) is 5.63. The van der Waals surface area contributed by atoms with Gasteiger partial charge in [0.2, 0.25) is 0 Å². The number of benzene rings is 1. The number of hydrogen-bond acceptors (Lipinski definition) is 4. The van der Waals surface area contributed by atoms with E-state index in [-0.39, 0.29) is 24.9 Å². The average molecular weight is 440 g/mol. The van der Waals surface area contributed by atoms with E-state index in [4.69, 9.17) is 0 Å². The molecule has 1 saturated heterocycles. The predicted molar refractivity (Wildman–Crippen MR) is 119 cm³/mol. The fraction of sp³-hybridized carbons (Fsp3) is 0.458. The molecule has 1 saturated carbocycles. The zero-order chi connectivity index (χ0) is 22.1. The maximum atomic E-state index is 13.5. The highest BCUT2D eigenvalue weighted by Gasteiger charge is 2.37. The van der Waals surface area contributed by atoms with Gasteiger partial charge in [0.1, 0.15) is 0 Å². The second kappa shape index (κ2) is 8.58. The number of aromatic nitrogens is 3. The Bertz CT molecular complexity index is 1120. The van der Waals surface area contributed by atoms with Crippen LogP contribution in [0.3, 0.4) is 0 Å². The van der Waals surface area contributed by atoms with Gasteiger partial charge in [0.25, 0.3) is 11.8 Å². The van der Waals surface area contributed by atoms with Gasteiger partial charge in [-0.2, -0.15) is 5.10 Å². The predicted octanol–water partition coefficient (Wildman–Crippen LogP) is 4.53. The van der Waals surface area contributed by atoms with E-state index in [1.807, 2.05) is 24.3 Å². The van der Waals surface area contributed by atoms with Crippen LogP contribution in [0.2, 0.25) is 0 Å². The molecule has 2 aromatic heterocycles. The molecule has 0 bridgehead atoms. The Morgan fingerprint density at radius 3 is 2.78 bits per heavy atom. The molecule has 0 atom stereocenters. The standard InChI is InChI=1S/C24H27F2N5O/c25-24(26)8-9-31(15-24)14-16-10-18(13-27-12-16)17-6-7-21-20(11-17)22(30-29-21)23(32)28-19-4-2-1-3-5-19/h6-7,10-13,19H,1-5,8-9,14-15H2,(H,28,32)(H,29,30). The van der Waals surface area contributed by atoms with E-state index in [2.05, 4.69) is 20.5 Å². The first-order valence-electron chi connectivity index (χ1n) is 11.3. The third-order valence-corrected chi connectivity index (χ3v) is 6.50. The number of fused-ring (bicyclic) bond motifs is 1. The number of pyridine rings is 1. The van der Waals surface area contributed by atoms with Gasteiger partial charge in [-0.05, 0) is 42.2 Å². The molecule has 168 valence electrons. The lowest BCUT2D eigenvalue weighted by Crippen LogP contribution is -2.36. The first kappa shape index (κ1) is 21.0. The van der Waals surface area contributed by atoms with E-state index in [0.717, 1.165) is 53.3 Å². The number of amides is 1. The Morgan fingerprint density at radius 2 is 2.00 bits per heavy atom. The van der Waals surface area contributed by atoms with Crippen molar-refractivity contribution < 1.29 is 13.6 Å². The van der Waals surface area contributed by atoms with Gasteiger partial charge in [-0.3, -0.25) is 19.8 Å². The van der Waals surface area contributed by atoms with E-state index >= 15 is 0 Å². The highest BCUT2D eigenvalue weighted by Crippen LogP contribution is 2.29. The van der Waals surface area contributed by atoms with Crippen molar-refractivity contribution in [2.24, 2.45) is 0 Å². The highest BCUT2D eigenvalue weighted by atomic mass is 19.3. The summed E-state index contributed by atoms with van der Waals surface area (Å²) in [6, 6.07) is 7.99. The molecular formula is C24H27F2N5O. The molecule has 1 aliphatic heterocycles. The molecule has 1 amide bonds. The van der Waals surface area contributed by atoms with E-state index in [1.54, 1.807) is 17.3 Å². The summed E-state index contributed by atoms with van der Waals surface area (Å²) in [6.07, 6.45) is 8.94. The lowest BCUT2D eigenvalue weighted by molar-refractivity contribution is 0.0115. The van der Waals surface area contributed by atoms with E-state index in [0.29, 0.717) is 18.8 Å². The normalized spacial score (nSPS) is 19.4. The number of aromatic amines is 1. The van der Waals surface area contributed by atoms with Crippen molar-refractivity contribution in [3.63, 3.8) is 0 Å². The quantitative estimate of drug-likeness (QED) is 0.613. The third kappa shape index (κ3) is 4.50. The van der Waals surface area contributed by atoms with Gasteiger partial charge in [-0.15, -0.1) is 0 Å². The van der Waals surface area contributed by atoms with Crippen molar-refractivity contribution in [3.05, 3.63) is 47.9 Å². The van der Waals surface area contributed by atoms with Gasteiger partial charge in [-0.25, -0.2) is 8.78 Å². The van der Waals surface area contributed by atoms with Crippen LogP contribution in [0.4, 0.5) is 8.78 Å². The van der Waals surface area contributed by atoms with Crippen molar-refractivity contribution in [1.29, 1.82) is 0 Å². The number of nitrogens with zero attached hydrogens (tertiary/aromatic N) is 3. The number of carbonyl (C=O) groups is 1. The van der Waals surface area contributed by atoms with Crippen LogP contribution in [-0.4, -0.2) is 51.0 Å². The largest absolute Gasteiger partial charge is 0.348 e. The van der Waals surface area contributed by atoms with Crippen molar-refractivity contribution in [2.75, 3.05) is 13.1 Å². The molecule has 1 aliphatic carbocycles. The van der Waals surface area contributed by atoms with E-state index in [9.17, 15) is 13.6 Å². The summed E-state index contributed by atoms with van der Waals surface area (Å²) < 4.78 is 27.0. The molecule has 0 radical (unpaired) electrons. The Balaban J connectivity index is 1.36. The summed E-state index contributed by atoms with van der Waals surface area (Å²) in [5, 5.41) is 11.1. The summed E-state index contributed by atoms with van der Waals surface area (Å²) >= 11 is 0. The minimum absolute atomic E-state index is 0.0943. The number of carbonyl (C=O) groups excluding carboxylic acids is 1. The maximum Gasteiger partial charge on any atom is 0.272 e. The monoisotopic (exact) mass is 439 g/mol. The van der Waals surface area contributed by atoms with Crippen molar-refractivity contribution in [1.82, 2.24) is 25.4 Å². The van der Waals surface area contributed by atoms with Gasteiger partial charge in [0.15, 0.2) is 5.69 Å². The topological polar surface area (TPSA) is 73.9 Å². The number of H-pyrrole nitrogens is 1. The average Bonchev–Trinajstić information content (AvgIpc) is 3.36. The number of rotatable bonds is 5. The SMILES string of the molecule is O=C(NC1CCCCC1)c1n[nH]c2ccc(-c3cncc(CN4CCC(F)(F)C4)c3)cc12. The Labute approximate surface area is 185 Å². The summed E-state index contributed by atoms with van der Waals surface area (Å²) in [4.78, 5) is 18.9. The number of nitrogens with one attached hydrogen (secondary N) is 2. The number of alkyl halides is 2. The fourth-order valence-electron chi connectivity index (χ4n) is 4.80. The van der Waals surface area contributed by atoms with Crippen LogP contribution < -0.4 is 5.32 Å². The van der Waals surface area contributed by atoms with Crippen LogP contribution in [0, 0.1) is 0 Å². The smallest absolute Gasteiger partial charge is 0.272 e. The van der Waals surface area contributed by atoms with Crippen molar-refractivity contribution in [3.8, 4) is 11.1 Å². The summed E-state index contributed by atoms with van der Waals surface area (Å²) in [5.74, 6) is -2.76. The first-order chi connectivity index (χ1) is 15.5. The summed E-state index contributed by atoms with van der Waals surface area (Å²) in [6.45, 7) is 0.620. The molecule has 2 aliphatic rings. The Morgan fingerprint density at radius 1 is 1.16 bits per heavy atom. The first-order valence-corrected chi connectivity index (χ1v) is 11.3. The second-order valence-corrected chi connectivity index (χ2v) is 9.04. The molecule has 0 unspecified atom stereocenters. The van der Waals surface area contributed by atoms with Crippen molar-refractivity contribution in [2.45, 2.75) is 57.0 Å². The number of likely N-dealkylation sites (tertiary alicyclic amines) is 1. The van der Waals surface area contributed by atoms with Crippen molar-refractivity contribution >= 4 is 16.8 Å². The van der Waals surface area contributed by atoms with Gasteiger partial charge < -0.3 is 5.32 Å². The van der Waals surface area contributed by atoms with E-state index in [1.165, 1.54) is 6.42 Å². The molecule has 6 nitrogen and oxygen atoms in total. The van der Waals surface area contributed by atoms with Gasteiger partial charge >= 0.3 is 0 Å². The maximum absolute atomic E-state index is 13.5. The second-order valence-electron chi connectivity index (χ2n) is 9.04. The minimum atomic E-state index is -2.61. The van der Waals surface area contributed by atoms with Crippen LogP contribution in [-0.2, 0) is 6.54 Å².